The van der Waals surface area contributed by atoms with Gasteiger partial charge in [0.1, 0.15) is 11.5 Å². The van der Waals surface area contributed by atoms with E-state index < -0.39 is 34.6 Å². The van der Waals surface area contributed by atoms with E-state index in [1.807, 2.05) is 6.07 Å². The lowest BCUT2D eigenvalue weighted by Gasteiger charge is -2.22. The Balaban J connectivity index is 1.92. The Morgan fingerprint density at radius 3 is 2.11 bits per heavy atom. The Kier molecular flexibility index (Phi) is 7.76. The number of benzene rings is 2. The SMILES string of the molecule is C/C(OC(=O)C(C)(C)C)=C1/C(=O)N(OC(=O)C(C)(C)C)c2cc(NC(=O)COc3ccccc3)ccc21. The molecule has 0 saturated heterocycles. The number of fused-ring (bicyclic) bond motifs is 1. The second-order valence-electron chi connectivity index (χ2n) is 10.7. The van der Waals surface area contributed by atoms with Crippen LogP contribution in [0.15, 0.2) is 54.3 Å². The Morgan fingerprint density at radius 2 is 1.51 bits per heavy atom. The number of para-hydroxylation sites is 1. The zero-order valence-electron chi connectivity index (χ0n) is 22.1. The summed E-state index contributed by atoms with van der Waals surface area (Å²) in [6.07, 6.45) is 0. The number of rotatable bonds is 6. The summed E-state index contributed by atoms with van der Waals surface area (Å²) >= 11 is 0. The molecular weight excluding hydrogens is 476 g/mol. The molecule has 0 atom stereocenters. The van der Waals surface area contributed by atoms with Crippen LogP contribution in [0.4, 0.5) is 11.4 Å². The van der Waals surface area contributed by atoms with Gasteiger partial charge in [0.2, 0.25) is 0 Å². The predicted octanol–water partition coefficient (Wildman–Crippen LogP) is 4.88. The molecule has 0 bridgehead atoms. The van der Waals surface area contributed by atoms with Crippen molar-refractivity contribution >= 4 is 40.7 Å². The molecule has 3 rings (SSSR count). The molecule has 0 unspecified atom stereocenters. The lowest BCUT2D eigenvalue weighted by Crippen LogP contribution is -2.35. The molecule has 0 radical (unpaired) electrons. The van der Waals surface area contributed by atoms with Gasteiger partial charge >= 0.3 is 11.9 Å². The van der Waals surface area contributed by atoms with Crippen molar-refractivity contribution in [3.05, 3.63) is 59.9 Å². The van der Waals surface area contributed by atoms with Crippen LogP contribution in [0.2, 0.25) is 0 Å². The normalized spacial score (nSPS) is 14.6. The minimum absolute atomic E-state index is 0.0773. The summed E-state index contributed by atoms with van der Waals surface area (Å²) in [5, 5.41) is 3.58. The maximum atomic E-state index is 13.4. The van der Waals surface area contributed by atoms with E-state index in [-0.39, 0.29) is 23.6 Å². The number of hydroxylamine groups is 1. The van der Waals surface area contributed by atoms with Crippen molar-refractivity contribution in [2.45, 2.75) is 48.5 Å². The summed E-state index contributed by atoms with van der Waals surface area (Å²) in [6.45, 7) is 11.4. The number of amides is 2. The van der Waals surface area contributed by atoms with E-state index in [9.17, 15) is 19.2 Å². The van der Waals surface area contributed by atoms with Crippen LogP contribution in [0.5, 0.6) is 5.75 Å². The van der Waals surface area contributed by atoms with E-state index in [2.05, 4.69) is 5.32 Å². The first-order valence-corrected chi connectivity index (χ1v) is 11.8. The number of anilines is 2. The quantitative estimate of drug-likeness (QED) is 0.336. The maximum absolute atomic E-state index is 13.4. The van der Waals surface area contributed by atoms with Gasteiger partial charge in [-0.1, -0.05) is 18.2 Å². The van der Waals surface area contributed by atoms with Crippen LogP contribution in [-0.4, -0.2) is 30.4 Å². The molecule has 37 heavy (non-hydrogen) atoms. The first-order chi connectivity index (χ1) is 17.2. The highest BCUT2D eigenvalue weighted by Gasteiger charge is 2.40. The monoisotopic (exact) mass is 508 g/mol. The Morgan fingerprint density at radius 1 is 0.892 bits per heavy atom. The van der Waals surface area contributed by atoms with Crippen molar-refractivity contribution in [3.63, 3.8) is 0 Å². The Hall–Kier alpha value is -4.14. The molecule has 0 fully saturated rings. The standard InChI is InChI=1S/C28H32N2O7/c1-17(36-25(33)27(2,3)4)23-20-14-13-18(29-22(31)16-35-19-11-9-8-10-12-19)15-21(20)30(24(23)32)37-26(34)28(5,6)7/h8-15H,16H2,1-7H3,(H,29,31)/b23-17-. The summed E-state index contributed by atoms with van der Waals surface area (Å²) in [5.74, 6) is -1.61. The summed E-state index contributed by atoms with van der Waals surface area (Å²) in [5.41, 5.74) is -0.618. The highest BCUT2D eigenvalue weighted by atomic mass is 16.7. The van der Waals surface area contributed by atoms with Gasteiger partial charge in [-0.3, -0.25) is 14.4 Å². The van der Waals surface area contributed by atoms with Crippen molar-refractivity contribution < 1.29 is 33.5 Å². The summed E-state index contributed by atoms with van der Waals surface area (Å²) in [7, 11) is 0. The number of hydrogen-bond donors (Lipinski definition) is 1. The number of hydrogen-bond acceptors (Lipinski definition) is 7. The molecule has 0 aliphatic carbocycles. The van der Waals surface area contributed by atoms with Crippen LogP contribution in [0.3, 0.4) is 0 Å². The van der Waals surface area contributed by atoms with Gasteiger partial charge in [0, 0.05) is 11.3 Å². The molecule has 1 aliphatic rings. The number of ether oxygens (including phenoxy) is 2. The summed E-state index contributed by atoms with van der Waals surface area (Å²) in [4.78, 5) is 56.4. The van der Waals surface area contributed by atoms with Crippen LogP contribution in [0.25, 0.3) is 5.57 Å². The lowest BCUT2D eigenvalue weighted by molar-refractivity contribution is -0.157. The summed E-state index contributed by atoms with van der Waals surface area (Å²) in [6, 6.07) is 13.6. The number of nitrogens with one attached hydrogen (secondary N) is 1. The van der Waals surface area contributed by atoms with Crippen LogP contribution >= 0.6 is 0 Å². The van der Waals surface area contributed by atoms with E-state index in [0.29, 0.717) is 17.0 Å². The third kappa shape index (κ3) is 6.55. The van der Waals surface area contributed by atoms with Gasteiger partial charge in [-0.25, -0.2) is 4.79 Å². The molecule has 0 spiro atoms. The maximum Gasteiger partial charge on any atom is 0.338 e. The molecule has 9 nitrogen and oxygen atoms in total. The van der Waals surface area contributed by atoms with E-state index >= 15 is 0 Å². The molecule has 0 aromatic heterocycles. The van der Waals surface area contributed by atoms with Crippen LogP contribution in [-0.2, 0) is 28.8 Å². The van der Waals surface area contributed by atoms with Gasteiger partial charge < -0.3 is 19.6 Å². The molecule has 9 heteroatoms. The van der Waals surface area contributed by atoms with Crippen LogP contribution in [0.1, 0.15) is 54.0 Å². The zero-order chi connectivity index (χ0) is 27.5. The summed E-state index contributed by atoms with van der Waals surface area (Å²) < 4.78 is 11.0. The van der Waals surface area contributed by atoms with Crippen molar-refractivity contribution in [1.29, 1.82) is 0 Å². The van der Waals surface area contributed by atoms with E-state index in [4.69, 9.17) is 14.3 Å². The molecule has 196 valence electrons. The van der Waals surface area contributed by atoms with Gasteiger partial charge in [0.25, 0.3) is 11.8 Å². The molecule has 1 heterocycles. The van der Waals surface area contributed by atoms with Crippen molar-refractivity contribution in [1.82, 2.24) is 0 Å². The van der Waals surface area contributed by atoms with Crippen molar-refractivity contribution in [2.75, 3.05) is 17.0 Å². The highest BCUT2D eigenvalue weighted by molar-refractivity contribution is 6.32. The third-order valence-corrected chi connectivity index (χ3v) is 5.28. The minimum Gasteiger partial charge on any atom is -0.484 e. The molecule has 1 N–H and O–H groups in total. The van der Waals surface area contributed by atoms with Crippen LogP contribution < -0.4 is 15.1 Å². The fourth-order valence-corrected chi connectivity index (χ4v) is 3.17. The fourth-order valence-electron chi connectivity index (χ4n) is 3.17. The third-order valence-electron chi connectivity index (χ3n) is 5.28. The first kappa shape index (κ1) is 27.4. The average molecular weight is 509 g/mol. The minimum atomic E-state index is -0.888. The molecular formula is C28H32N2O7. The smallest absolute Gasteiger partial charge is 0.338 e. The molecule has 0 saturated carbocycles. The number of carbonyl (C=O) groups excluding carboxylic acids is 4. The largest absolute Gasteiger partial charge is 0.484 e. The molecule has 1 aliphatic heterocycles. The van der Waals surface area contributed by atoms with E-state index in [1.54, 1.807) is 77.9 Å². The molecule has 2 amide bonds. The van der Waals surface area contributed by atoms with Gasteiger partial charge in [0.15, 0.2) is 6.61 Å². The number of allylic oxidation sites excluding steroid dienone is 1. The van der Waals surface area contributed by atoms with Crippen molar-refractivity contribution in [2.24, 2.45) is 10.8 Å². The highest BCUT2D eigenvalue weighted by Crippen LogP contribution is 2.41. The number of carbonyl (C=O) groups is 4. The molecule has 2 aromatic carbocycles. The first-order valence-electron chi connectivity index (χ1n) is 11.8. The van der Waals surface area contributed by atoms with Gasteiger partial charge in [-0.05, 0) is 78.8 Å². The predicted molar refractivity (Wildman–Crippen MR) is 138 cm³/mol. The molecule has 2 aromatic rings. The Bertz CT molecular complexity index is 1250. The average Bonchev–Trinajstić information content (AvgIpc) is 3.08. The van der Waals surface area contributed by atoms with E-state index in [1.165, 1.54) is 13.0 Å². The zero-order valence-corrected chi connectivity index (χ0v) is 22.1. The Labute approximate surface area is 216 Å². The van der Waals surface area contributed by atoms with Gasteiger partial charge in [0.05, 0.1) is 22.1 Å². The second kappa shape index (κ2) is 10.5. The number of nitrogens with zero attached hydrogens (tertiary/aromatic N) is 1. The van der Waals surface area contributed by atoms with Gasteiger partial charge in [-0.2, -0.15) is 0 Å². The van der Waals surface area contributed by atoms with Gasteiger partial charge in [-0.15, -0.1) is 5.06 Å². The number of esters is 1. The lowest BCUT2D eigenvalue weighted by atomic mass is 9.97. The topological polar surface area (TPSA) is 111 Å². The van der Waals surface area contributed by atoms with Crippen molar-refractivity contribution in [3.8, 4) is 5.75 Å². The van der Waals surface area contributed by atoms with E-state index in [0.717, 1.165) is 5.06 Å². The second-order valence-corrected chi connectivity index (χ2v) is 10.7. The fraction of sp³-hybridized carbons (Fsp3) is 0.357. The van der Waals surface area contributed by atoms with Crippen LogP contribution in [0, 0.1) is 10.8 Å².